The molecule has 0 spiro atoms. The standard InChI is InChI=1S/C9H16O2/c1-5-7-8(11-6-2)9(3,4)10/h5,7,10H,1,6H2,2-4H3/b8-7+. The summed E-state index contributed by atoms with van der Waals surface area (Å²) in [6, 6.07) is 0. The minimum atomic E-state index is -0.913. The second-order valence-electron chi connectivity index (χ2n) is 2.76. The predicted molar refractivity (Wildman–Crippen MR) is 46.2 cm³/mol. The quantitative estimate of drug-likeness (QED) is 0.497. The average molecular weight is 156 g/mol. The molecule has 0 rings (SSSR count). The minimum Gasteiger partial charge on any atom is -0.495 e. The van der Waals surface area contributed by atoms with Gasteiger partial charge in [0, 0.05) is 0 Å². The van der Waals surface area contributed by atoms with Gasteiger partial charge in [0.25, 0.3) is 0 Å². The van der Waals surface area contributed by atoms with Gasteiger partial charge in [0.05, 0.1) is 6.61 Å². The van der Waals surface area contributed by atoms with Gasteiger partial charge < -0.3 is 9.84 Å². The van der Waals surface area contributed by atoms with E-state index >= 15 is 0 Å². The molecule has 2 heteroatoms. The molecule has 0 aliphatic carbocycles. The Morgan fingerprint density at radius 1 is 1.64 bits per heavy atom. The molecule has 0 aromatic rings. The molecule has 0 aromatic carbocycles. The van der Waals surface area contributed by atoms with E-state index in [9.17, 15) is 5.11 Å². The Morgan fingerprint density at radius 3 is 2.45 bits per heavy atom. The normalized spacial score (nSPS) is 12.9. The Labute approximate surface area is 68.2 Å². The number of rotatable bonds is 4. The lowest BCUT2D eigenvalue weighted by atomic mass is 10.1. The van der Waals surface area contributed by atoms with Crippen LogP contribution >= 0.6 is 0 Å². The van der Waals surface area contributed by atoms with Crippen LogP contribution < -0.4 is 0 Å². The Kier molecular flexibility index (Phi) is 3.90. The van der Waals surface area contributed by atoms with E-state index in [0.717, 1.165) is 0 Å². The molecule has 0 unspecified atom stereocenters. The van der Waals surface area contributed by atoms with E-state index in [0.29, 0.717) is 12.4 Å². The third-order valence-corrected chi connectivity index (χ3v) is 1.17. The molecule has 11 heavy (non-hydrogen) atoms. The molecule has 64 valence electrons. The monoisotopic (exact) mass is 156 g/mol. The second-order valence-corrected chi connectivity index (χ2v) is 2.76. The van der Waals surface area contributed by atoms with Gasteiger partial charge in [-0.2, -0.15) is 0 Å². The van der Waals surface area contributed by atoms with Gasteiger partial charge in [0.1, 0.15) is 11.4 Å². The number of ether oxygens (including phenoxy) is 1. The molecule has 0 heterocycles. The maximum Gasteiger partial charge on any atom is 0.127 e. The highest BCUT2D eigenvalue weighted by atomic mass is 16.5. The van der Waals surface area contributed by atoms with Gasteiger partial charge >= 0.3 is 0 Å². The third kappa shape index (κ3) is 3.83. The van der Waals surface area contributed by atoms with Crippen molar-refractivity contribution in [2.24, 2.45) is 0 Å². The van der Waals surface area contributed by atoms with Gasteiger partial charge in [0.15, 0.2) is 0 Å². The zero-order chi connectivity index (χ0) is 8.91. The fourth-order valence-electron chi connectivity index (χ4n) is 0.691. The van der Waals surface area contributed by atoms with Crippen molar-refractivity contribution in [3.63, 3.8) is 0 Å². The minimum absolute atomic E-state index is 0.551. The van der Waals surface area contributed by atoms with Crippen LogP contribution in [0.3, 0.4) is 0 Å². The maximum absolute atomic E-state index is 9.50. The van der Waals surface area contributed by atoms with E-state index in [1.54, 1.807) is 26.0 Å². The van der Waals surface area contributed by atoms with Crippen LogP contribution in [0.5, 0.6) is 0 Å². The van der Waals surface area contributed by atoms with Crippen molar-refractivity contribution in [2.45, 2.75) is 26.4 Å². The van der Waals surface area contributed by atoms with Crippen LogP contribution in [0.2, 0.25) is 0 Å². The number of hydrogen-bond acceptors (Lipinski definition) is 2. The summed E-state index contributed by atoms with van der Waals surface area (Å²) in [4.78, 5) is 0. The van der Waals surface area contributed by atoms with Crippen molar-refractivity contribution in [1.82, 2.24) is 0 Å². The fourth-order valence-corrected chi connectivity index (χ4v) is 0.691. The van der Waals surface area contributed by atoms with E-state index in [4.69, 9.17) is 4.74 Å². The second kappa shape index (κ2) is 4.19. The van der Waals surface area contributed by atoms with Crippen LogP contribution in [0.15, 0.2) is 24.5 Å². The topological polar surface area (TPSA) is 29.5 Å². The van der Waals surface area contributed by atoms with E-state index in [2.05, 4.69) is 6.58 Å². The van der Waals surface area contributed by atoms with Crippen LogP contribution in [0.1, 0.15) is 20.8 Å². The van der Waals surface area contributed by atoms with Gasteiger partial charge in [-0.05, 0) is 26.8 Å². The van der Waals surface area contributed by atoms with Crippen molar-refractivity contribution in [3.05, 3.63) is 24.5 Å². The van der Waals surface area contributed by atoms with E-state index in [1.807, 2.05) is 6.92 Å². The summed E-state index contributed by atoms with van der Waals surface area (Å²) in [5, 5.41) is 9.50. The molecule has 0 radical (unpaired) electrons. The van der Waals surface area contributed by atoms with Crippen LogP contribution in [0.25, 0.3) is 0 Å². The van der Waals surface area contributed by atoms with E-state index < -0.39 is 5.60 Å². The first-order chi connectivity index (χ1) is 5.02. The highest BCUT2D eigenvalue weighted by Crippen LogP contribution is 2.16. The number of hydrogen-bond donors (Lipinski definition) is 1. The lowest BCUT2D eigenvalue weighted by molar-refractivity contribution is 0.0426. The lowest BCUT2D eigenvalue weighted by Gasteiger charge is -2.20. The molecule has 0 saturated carbocycles. The molecule has 2 nitrogen and oxygen atoms in total. The van der Waals surface area contributed by atoms with Crippen molar-refractivity contribution >= 4 is 0 Å². The zero-order valence-electron chi connectivity index (χ0n) is 7.42. The highest BCUT2D eigenvalue weighted by molar-refractivity contribution is 5.12. The highest BCUT2D eigenvalue weighted by Gasteiger charge is 2.19. The lowest BCUT2D eigenvalue weighted by Crippen LogP contribution is -2.23. The molecule has 1 N–H and O–H groups in total. The molecular weight excluding hydrogens is 140 g/mol. The van der Waals surface area contributed by atoms with Gasteiger partial charge in [-0.15, -0.1) is 0 Å². The molecule has 0 bridgehead atoms. The van der Waals surface area contributed by atoms with Gasteiger partial charge in [-0.25, -0.2) is 0 Å². The number of allylic oxidation sites excluding steroid dienone is 2. The number of aliphatic hydroxyl groups is 1. The zero-order valence-corrected chi connectivity index (χ0v) is 7.42. The van der Waals surface area contributed by atoms with Crippen LogP contribution in [-0.4, -0.2) is 17.3 Å². The summed E-state index contributed by atoms with van der Waals surface area (Å²) in [6.07, 6.45) is 3.27. The first kappa shape index (κ1) is 10.2. The summed E-state index contributed by atoms with van der Waals surface area (Å²) in [5.41, 5.74) is -0.913. The Hall–Kier alpha value is -0.760. The van der Waals surface area contributed by atoms with Crippen LogP contribution in [-0.2, 0) is 4.74 Å². The maximum atomic E-state index is 9.50. The summed E-state index contributed by atoms with van der Waals surface area (Å²) in [5.74, 6) is 0.551. The van der Waals surface area contributed by atoms with E-state index in [1.165, 1.54) is 0 Å². The molecule has 0 amide bonds. The molecule has 0 aromatic heterocycles. The largest absolute Gasteiger partial charge is 0.495 e. The Morgan fingerprint density at radius 2 is 2.18 bits per heavy atom. The molecule has 0 atom stereocenters. The van der Waals surface area contributed by atoms with Gasteiger partial charge in [-0.3, -0.25) is 0 Å². The van der Waals surface area contributed by atoms with Crippen molar-refractivity contribution in [1.29, 1.82) is 0 Å². The molecule has 0 aliphatic rings. The molecule has 0 saturated heterocycles. The van der Waals surface area contributed by atoms with Crippen molar-refractivity contribution < 1.29 is 9.84 Å². The summed E-state index contributed by atoms with van der Waals surface area (Å²) >= 11 is 0. The van der Waals surface area contributed by atoms with E-state index in [-0.39, 0.29) is 0 Å². The first-order valence-electron chi connectivity index (χ1n) is 3.70. The molecular formula is C9H16O2. The SMILES string of the molecule is C=C/C=C(/OCC)C(C)(C)O. The smallest absolute Gasteiger partial charge is 0.127 e. The Bertz CT molecular complexity index is 151. The summed E-state index contributed by atoms with van der Waals surface area (Å²) < 4.78 is 5.19. The van der Waals surface area contributed by atoms with Gasteiger partial charge in [0.2, 0.25) is 0 Å². The third-order valence-electron chi connectivity index (χ3n) is 1.17. The fraction of sp³-hybridized carbons (Fsp3) is 0.556. The van der Waals surface area contributed by atoms with Crippen LogP contribution in [0, 0.1) is 0 Å². The average Bonchev–Trinajstić information content (AvgIpc) is 1.85. The van der Waals surface area contributed by atoms with Crippen molar-refractivity contribution in [2.75, 3.05) is 6.61 Å². The summed E-state index contributed by atoms with van der Waals surface area (Å²) in [6.45, 7) is 9.32. The van der Waals surface area contributed by atoms with Crippen molar-refractivity contribution in [3.8, 4) is 0 Å². The van der Waals surface area contributed by atoms with Gasteiger partial charge in [-0.1, -0.05) is 12.7 Å². The first-order valence-corrected chi connectivity index (χ1v) is 3.70. The van der Waals surface area contributed by atoms with Crippen LogP contribution in [0.4, 0.5) is 0 Å². The molecule has 0 aliphatic heterocycles. The predicted octanol–water partition coefficient (Wildman–Crippen LogP) is 1.86. The molecule has 0 fully saturated rings. The Balaban J connectivity index is 4.34. The summed E-state index contributed by atoms with van der Waals surface area (Å²) in [7, 11) is 0.